The maximum absolute atomic E-state index is 13.6. The van der Waals surface area contributed by atoms with Crippen molar-refractivity contribution >= 4 is 0 Å². The Morgan fingerprint density at radius 1 is 1.10 bits per heavy atom. The SMILES string of the molecule is Cc1ccc(C2CCN(Cc3ccccc3)CC2)nc1F. The Labute approximate surface area is 125 Å². The maximum atomic E-state index is 13.6. The predicted octanol–water partition coefficient (Wildman–Crippen LogP) is 3.91. The number of aryl methyl sites for hydroxylation is 1. The largest absolute Gasteiger partial charge is 0.299 e. The summed E-state index contributed by atoms with van der Waals surface area (Å²) in [5, 5.41) is 0. The van der Waals surface area contributed by atoms with E-state index in [9.17, 15) is 4.39 Å². The van der Waals surface area contributed by atoms with Crippen LogP contribution in [-0.2, 0) is 6.54 Å². The zero-order valence-electron chi connectivity index (χ0n) is 12.4. The minimum absolute atomic E-state index is 0.320. The third kappa shape index (κ3) is 3.48. The molecule has 0 radical (unpaired) electrons. The van der Waals surface area contributed by atoms with Gasteiger partial charge in [0.1, 0.15) is 0 Å². The van der Waals surface area contributed by atoms with Crippen LogP contribution in [0.5, 0.6) is 0 Å². The first-order valence-electron chi connectivity index (χ1n) is 7.61. The summed E-state index contributed by atoms with van der Waals surface area (Å²) >= 11 is 0. The molecular formula is C18H21FN2. The molecule has 0 bridgehead atoms. The molecule has 0 saturated carbocycles. The van der Waals surface area contributed by atoms with Gasteiger partial charge >= 0.3 is 0 Å². The molecule has 1 saturated heterocycles. The molecule has 0 unspecified atom stereocenters. The molecule has 1 aromatic heterocycles. The first-order chi connectivity index (χ1) is 10.2. The summed E-state index contributed by atoms with van der Waals surface area (Å²) in [6.07, 6.45) is 2.12. The van der Waals surface area contributed by atoms with E-state index in [2.05, 4.69) is 34.1 Å². The molecule has 2 heterocycles. The lowest BCUT2D eigenvalue weighted by Gasteiger charge is -2.31. The third-order valence-electron chi connectivity index (χ3n) is 4.31. The summed E-state index contributed by atoms with van der Waals surface area (Å²) in [5.74, 6) is 0.0753. The number of halogens is 1. The van der Waals surface area contributed by atoms with E-state index < -0.39 is 0 Å². The smallest absolute Gasteiger partial charge is 0.216 e. The number of benzene rings is 1. The molecule has 21 heavy (non-hydrogen) atoms. The number of pyridine rings is 1. The van der Waals surface area contributed by atoms with E-state index in [0.717, 1.165) is 38.2 Å². The molecule has 3 rings (SSSR count). The molecule has 110 valence electrons. The highest BCUT2D eigenvalue weighted by molar-refractivity contribution is 5.18. The molecular weight excluding hydrogens is 263 g/mol. The Morgan fingerprint density at radius 3 is 2.48 bits per heavy atom. The highest BCUT2D eigenvalue weighted by atomic mass is 19.1. The first kappa shape index (κ1) is 14.2. The molecule has 3 heteroatoms. The fourth-order valence-electron chi connectivity index (χ4n) is 2.97. The van der Waals surface area contributed by atoms with Crippen molar-refractivity contribution in [3.63, 3.8) is 0 Å². The number of hydrogen-bond acceptors (Lipinski definition) is 2. The van der Waals surface area contributed by atoms with Crippen LogP contribution in [0, 0.1) is 12.9 Å². The van der Waals surface area contributed by atoms with Crippen LogP contribution >= 0.6 is 0 Å². The van der Waals surface area contributed by atoms with Crippen molar-refractivity contribution in [1.82, 2.24) is 9.88 Å². The van der Waals surface area contributed by atoms with Crippen molar-refractivity contribution in [3.8, 4) is 0 Å². The number of nitrogens with zero attached hydrogens (tertiary/aromatic N) is 2. The number of hydrogen-bond donors (Lipinski definition) is 0. The van der Waals surface area contributed by atoms with Gasteiger partial charge in [0.2, 0.25) is 5.95 Å². The highest BCUT2D eigenvalue weighted by Crippen LogP contribution is 2.27. The van der Waals surface area contributed by atoms with Crippen molar-refractivity contribution in [3.05, 3.63) is 65.2 Å². The van der Waals surface area contributed by atoms with Crippen LogP contribution < -0.4 is 0 Å². The summed E-state index contributed by atoms with van der Waals surface area (Å²) in [4.78, 5) is 6.59. The standard InChI is InChI=1S/C18H21FN2/c1-14-7-8-17(20-18(14)19)16-9-11-21(12-10-16)13-15-5-3-2-4-6-15/h2-8,16H,9-13H2,1H3. The van der Waals surface area contributed by atoms with E-state index in [1.54, 1.807) is 6.92 Å². The first-order valence-corrected chi connectivity index (χ1v) is 7.61. The molecule has 0 amide bonds. The number of piperidine rings is 1. The van der Waals surface area contributed by atoms with Gasteiger partial charge in [0.15, 0.2) is 0 Å². The predicted molar refractivity (Wildman–Crippen MR) is 82.6 cm³/mol. The van der Waals surface area contributed by atoms with Crippen LogP contribution in [0.15, 0.2) is 42.5 Å². The normalized spacial score (nSPS) is 17.0. The quantitative estimate of drug-likeness (QED) is 0.794. The van der Waals surface area contributed by atoms with Gasteiger partial charge in [0.05, 0.1) is 0 Å². The Bertz CT molecular complexity index is 589. The summed E-state index contributed by atoms with van der Waals surface area (Å²) in [7, 11) is 0. The molecule has 2 nitrogen and oxygen atoms in total. The number of rotatable bonds is 3. The third-order valence-corrected chi connectivity index (χ3v) is 4.31. The van der Waals surface area contributed by atoms with E-state index in [-0.39, 0.29) is 5.95 Å². The number of aromatic nitrogens is 1. The molecule has 1 fully saturated rings. The van der Waals surface area contributed by atoms with Crippen LogP contribution in [-0.4, -0.2) is 23.0 Å². The minimum Gasteiger partial charge on any atom is -0.299 e. The van der Waals surface area contributed by atoms with Crippen molar-refractivity contribution in [2.75, 3.05) is 13.1 Å². The summed E-state index contributed by atoms with van der Waals surface area (Å²) in [6, 6.07) is 14.4. The molecule has 1 aliphatic heterocycles. The van der Waals surface area contributed by atoms with Crippen LogP contribution in [0.4, 0.5) is 4.39 Å². The van der Waals surface area contributed by atoms with E-state index in [1.807, 2.05) is 18.2 Å². The van der Waals surface area contributed by atoms with E-state index in [0.29, 0.717) is 11.5 Å². The summed E-state index contributed by atoms with van der Waals surface area (Å²) < 4.78 is 13.6. The van der Waals surface area contributed by atoms with Crippen molar-refractivity contribution in [2.45, 2.75) is 32.2 Å². The zero-order chi connectivity index (χ0) is 14.7. The van der Waals surface area contributed by atoms with Gasteiger partial charge in [-0.2, -0.15) is 4.39 Å². The number of likely N-dealkylation sites (tertiary alicyclic amines) is 1. The molecule has 0 atom stereocenters. The average molecular weight is 284 g/mol. The van der Waals surface area contributed by atoms with Crippen LogP contribution in [0.2, 0.25) is 0 Å². The topological polar surface area (TPSA) is 16.1 Å². The monoisotopic (exact) mass is 284 g/mol. The fourth-order valence-corrected chi connectivity index (χ4v) is 2.97. The van der Waals surface area contributed by atoms with Crippen LogP contribution in [0.3, 0.4) is 0 Å². The molecule has 2 aromatic rings. The second-order valence-electron chi connectivity index (χ2n) is 5.88. The van der Waals surface area contributed by atoms with E-state index >= 15 is 0 Å². The average Bonchev–Trinajstić information content (AvgIpc) is 2.52. The Morgan fingerprint density at radius 2 is 1.81 bits per heavy atom. The van der Waals surface area contributed by atoms with Gasteiger partial charge in [-0.3, -0.25) is 4.90 Å². The van der Waals surface area contributed by atoms with Gasteiger partial charge < -0.3 is 0 Å². The fraction of sp³-hybridized carbons (Fsp3) is 0.389. The van der Waals surface area contributed by atoms with Gasteiger partial charge in [0, 0.05) is 23.7 Å². The minimum atomic E-state index is -0.320. The Hall–Kier alpha value is -1.74. The molecule has 1 aliphatic rings. The highest BCUT2D eigenvalue weighted by Gasteiger charge is 2.22. The molecule has 1 aromatic carbocycles. The van der Waals surface area contributed by atoms with Gasteiger partial charge in [-0.1, -0.05) is 36.4 Å². The molecule has 0 N–H and O–H groups in total. The second kappa shape index (κ2) is 6.35. The van der Waals surface area contributed by atoms with Crippen LogP contribution in [0.1, 0.15) is 35.6 Å². The lowest BCUT2D eigenvalue weighted by atomic mass is 9.92. The van der Waals surface area contributed by atoms with Gasteiger partial charge in [-0.25, -0.2) is 4.98 Å². The molecule has 0 aliphatic carbocycles. The van der Waals surface area contributed by atoms with Crippen molar-refractivity contribution in [1.29, 1.82) is 0 Å². The van der Waals surface area contributed by atoms with Crippen molar-refractivity contribution < 1.29 is 4.39 Å². The summed E-state index contributed by atoms with van der Waals surface area (Å²) in [5.41, 5.74) is 2.90. The zero-order valence-corrected chi connectivity index (χ0v) is 12.4. The van der Waals surface area contributed by atoms with Gasteiger partial charge in [0.25, 0.3) is 0 Å². The molecule has 0 spiro atoms. The van der Waals surface area contributed by atoms with Crippen LogP contribution in [0.25, 0.3) is 0 Å². The van der Waals surface area contributed by atoms with Crippen molar-refractivity contribution in [2.24, 2.45) is 0 Å². The van der Waals surface area contributed by atoms with E-state index in [4.69, 9.17) is 0 Å². The maximum Gasteiger partial charge on any atom is 0.216 e. The lowest BCUT2D eigenvalue weighted by molar-refractivity contribution is 0.203. The second-order valence-corrected chi connectivity index (χ2v) is 5.88. The Balaban J connectivity index is 1.58. The summed E-state index contributed by atoms with van der Waals surface area (Å²) in [6.45, 7) is 4.87. The van der Waals surface area contributed by atoms with Gasteiger partial charge in [-0.15, -0.1) is 0 Å². The van der Waals surface area contributed by atoms with Gasteiger partial charge in [-0.05, 0) is 44.5 Å². The Kier molecular flexibility index (Phi) is 4.30. The van der Waals surface area contributed by atoms with E-state index in [1.165, 1.54) is 5.56 Å². The lowest BCUT2D eigenvalue weighted by Crippen LogP contribution is -2.32.